The Morgan fingerprint density at radius 3 is 2.78 bits per heavy atom. The molecule has 1 aliphatic heterocycles. The Hall–Kier alpha value is -1.02. The topological polar surface area (TPSA) is 88.3 Å². The smallest absolute Gasteiger partial charge is 0.223 e. The van der Waals surface area contributed by atoms with E-state index < -0.39 is 0 Å². The Morgan fingerprint density at radius 2 is 2.07 bits per heavy atom. The van der Waals surface area contributed by atoms with Gasteiger partial charge in [0.15, 0.2) is 0 Å². The maximum atomic E-state index is 12.6. The number of likely N-dealkylation sites (tertiary alicyclic amines) is 1. The number of piperidine rings is 1. The number of rotatable bonds is 9. The summed E-state index contributed by atoms with van der Waals surface area (Å²) in [7, 11) is 0. The Morgan fingerprint density at radius 1 is 1.26 bits per heavy atom. The van der Waals surface area contributed by atoms with Crippen LogP contribution in [-0.2, 0) is 15.3 Å². The second-order valence-corrected chi connectivity index (χ2v) is 7.31. The maximum absolute atomic E-state index is 12.6. The molecule has 1 saturated heterocycles. The van der Waals surface area contributed by atoms with E-state index in [4.69, 9.17) is 5.73 Å². The Kier molecular flexibility index (Phi) is 14.4. The molecule has 1 fully saturated rings. The molecule has 6 nitrogen and oxygen atoms in total. The van der Waals surface area contributed by atoms with Gasteiger partial charge in [0.1, 0.15) is 0 Å². The molecule has 2 heterocycles. The number of carbonyl (C=O) groups excluding carboxylic acids is 2. The zero-order chi connectivity index (χ0) is 17.9. The first-order valence-corrected chi connectivity index (χ1v) is 10.1. The number of thioether (sulfide) groups is 1. The van der Waals surface area contributed by atoms with E-state index in [1.807, 2.05) is 23.1 Å². The van der Waals surface area contributed by atoms with Gasteiger partial charge in [0.25, 0.3) is 0 Å². The average molecular weight is 437 g/mol. The fraction of sp³-hybridized carbons (Fsp3) is 0.611. The number of nitrogens with one attached hydrogen (secondary N) is 1. The lowest BCUT2D eigenvalue weighted by molar-refractivity contribution is -0.135. The highest BCUT2D eigenvalue weighted by molar-refractivity contribution is 7.98. The molecule has 1 atom stereocenters. The van der Waals surface area contributed by atoms with Gasteiger partial charge in [-0.05, 0) is 31.4 Å². The molecule has 3 N–H and O–H groups in total. The van der Waals surface area contributed by atoms with E-state index >= 15 is 0 Å². The van der Waals surface area contributed by atoms with Crippen molar-refractivity contribution in [2.45, 2.75) is 43.9 Å². The monoisotopic (exact) mass is 436 g/mol. The Bertz CT molecular complexity index is 551. The van der Waals surface area contributed by atoms with Gasteiger partial charge >= 0.3 is 0 Å². The molecule has 0 aliphatic carbocycles. The molecular weight excluding hydrogens is 407 g/mol. The van der Waals surface area contributed by atoms with Crippen LogP contribution < -0.4 is 11.1 Å². The van der Waals surface area contributed by atoms with Gasteiger partial charge in [-0.25, -0.2) is 0 Å². The van der Waals surface area contributed by atoms with Crippen molar-refractivity contribution in [3.05, 3.63) is 30.1 Å². The fourth-order valence-corrected chi connectivity index (χ4v) is 3.80. The molecule has 1 unspecified atom stereocenters. The lowest BCUT2D eigenvalue weighted by atomic mass is 10.0. The lowest BCUT2D eigenvalue weighted by Gasteiger charge is -2.36. The molecule has 0 saturated carbocycles. The fourth-order valence-electron chi connectivity index (χ4n) is 2.96. The van der Waals surface area contributed by atoms with Gasteiger partial charge in [0.2, 0.25) is 11.8 Å². The summed E-state index contributed by atoms with van der Waals surface area (Å²) in [6.07, 6.45) is 5.76. The van der Waals surface area contributed by atoms with Crippen molar-refractivity contribution in [3.8, 4) is 0 Å². The van der Waals surface area contributed by atoms with Crippen molar-refractivity contribution in [2.75, 3.05) is 25.4 Å². The van der Waals surface area contributed by atoms with Crippen molar-refractivity contribution < 1.29 is 9.59 Å². The van der Waals surface area contributed by atoms with Crippen LogP contribution in [0, 0.1) is 0 Å². The molecule has 0 radical (unpaired) electrons. The average Bonchev–Trinajstić information content (AvgIpc) is 2.65. The van der Waals surface area contributed by atoms with Gasteiger partial charge < -0.3 is 16.0 Å². The number of nitrogens with zero attached hydrogens (tertiary/aromatic N) is 2. The Labute approximate surface area is 178 Å². The summed E-state index contributed by atoms with van der Waals surface area (Å²) in [6, 6.07) is 5.99. The van der Waals surface area contributed by atoms with Crippen molar-refractivity contribution >= 4 is 48.4 Å². The number of hydrogen-bond donors (Lipinski definition) is 2. The summed E-state index contributed by atoms with van der Waals surface area (Å²) >= 11 is 1.73. The van der Waals surface area contributed by atoms with E-state index in [2.05, 4.69) is 10.3 Å². The summed E-state index contributed by atoms with van der Waals surface area (Å²) in [5, 5.41) is 2.90. The van der Waals surface area contributed by atoms with E-state index in [-0.39, 0.29) is 42.7 Å². The van der Waals surface area contributed by atoms with Crippen LogP contribution in [-0.4, -0.2) is 53.1 Å². The van der Waals surface area contributed by atoms with Crippen LogP contribution in [0.2, 0.25) is 0 Å². The van der Waals surface area contributed by atoms with E-state index in [0.29, 0.717) is 25.9 Å². The first-order valence-electron chi connectivity index (χ1n) is 8.94. The molecule has 27 heavy (non-hydrogen) atoms. The predicted molar refractivity (Wildman–Crippen MR) is 116 cm³/mol. The second-order valence-electron chi connectivity index (χ2n) is 6.20. The summed E-state index contributed by atoms with van der Waals surface area (Å²) < 4.78 is 0. The number of carbonyl (C=O) groups is 2. The molecule has 1 aromatic heterocycles. The molecule has 0 bridgehead atoms. The number of halogens is 2. The van der Waals surface area contributed by atoms with E-state index in [0.717, 1.165) is 43.0 Å². The maximum Gasteiger partial charge on any atom is 0.223 e. The number of amides is 2. The largest absolute Gasteiger partial charge is 0.354 e. The molecule has 2 rings (SSSR count). The van der Waals surface area contributed by atoms with Gasteiger partial charge in [-0.3, -0.25) is 14.6 Å². The zero-order valence-electron chi connectivity index (χ0n) is 15.5. The van der Waals surface area contributed by atoms with Crippen LogP contribution in [0.15, 0.2) is 24.4 Å². The highest BCUT2D eigenvalue weighted by Crippen LogP contribution is 2.19. The molecule has 154 valence electrons. The first-order chi connectivity index (χ1) is 12.2. The van der Waals surface area contributed by atoms with Gasteiger partial charge in [0, 0.05) is 56.2 Å². The molecule has 0 aromatic carbocycles. The van der Waals surface area contributed by atoms with Crippen molar-refractivity contribution in [1.82, 2.24) is 15.2 Å². The van der Waals surface area contributed by atoms with Gasteiger partial charge in [-0.1, -0.05) is 6.07 Å². The Balaban J connectivity index is 0.00000338. The van der Waals surface area contributed by atoms with Gasteiger partial charge in [-0.2, -0.15) is 11.8 Å². The molecule has 9 heteroatoms. The van der Waals surface area contributed by atoms with Crippen LogP contribution in [0.4, 0.5) is 0 Å². The van der Waals surface area contributed by atoms with Crippen molar-refractivity contribution in [2.24, 2.45) is 5.73 Å². The quantitative estimate of drug-likeness (QED) is 0.580. The van der Waals surface area contributed by atoms with Crippen LogP contribution >= 0.6 is 36.6 Å². The van der Waals surface area contributed by atoms with Gasteiger partial charge in [-0.15, -0.1) is 24.8 Å². The van der Waals surface area contributed by atoms with Crippen LogP contribution in [0.1, 0.15) is 37.8 Å². The van der Waals surface area contributed by atoms with Crippen LogP contribution in [0.25, 0.3) is 0 Å². The van der Waals surface area contributed by atoms with Crippen molar-refractivity contribution in [1.29, 1.82) is 0 Å². The van der Waals surface area contributed by atoms with E-state index in [1.54, 1.807) is 18.0 Å². The predicted octanol–water partition coefficient (Wildman–Crippen LogP) is 2.39. The standard InChI is InChI=1S/C18H28N4O2S.2ClH/c19-9-7-17(23)21-13-16-6-2-4-11-22(16)18(24)8-12-25-14-15-5-1-3-10-20-15;;/h1,3,5,10,16H,2,4,6-9,11-14,19H2,(H,21,23);2*1H. The highest BCUT2D eigenvalue weighted by Gasteiger charge is 2.26. The van der Waals surface area contributed by atoms with E-state index in [9.17, 15) is 9.59 Å². The first kappa shape index (κ1) is 26.0. The third-order valence-corrected chi connectivity index (χ3v) is 5.28. The summed E-state index contributed by atoms with van der Waals surface area (Å²) in [6.45, 7) is 1.68. The molecule has 1 aliphatic rings. The molecule has 2 amide bonds. The molecule has 1 aromatic rings. The van der Waals surface area contributed by atoms with Crippen LogP contribution in [0.3, 0.4) is 0 Å². The minimum absolute atomic E-state index is 0. The second kappa shape index (κ2) is 15.0. The van der Waals surface area contributed by atoms with E-state index in [1.165, 1.54) is 0 Å². The highest BCUT2D eigenvalue weighted by atomic mass is 35.5. The SMILES string of the molecule is Cl.Cl.NCCC(=O)NCC1CCCCN1C(=O)CCSCc1ccccn1. The summed E-state index contributed by atoms with van der Waals surface area (Å²) in [5.74, 6) is 1.77. The number of aromatic nitrogens is 1. The minimum atomic E-state index is -0.0358. The number of nitrogens with two attached hydrogens (primary N) is 1. The normalized spacial score (nSPS) is 16.0. The van der Waals surface area contributed by atoms with Crippen molar-refractivity contribution in [3.63, 3.8) is 0 Å². The lowest BCUT2D eigenvalue weighted by Crippen LogP contribution is -2.49. The van der Waals surface area contributed by atoms with Gasteiger partial charge in [0.05, 0.1) is 5.69 Å². The number of pyridine rings is 1. The summed E-state index contributed by atoms with van der Waals surface area (Å²) in [5.41, 5.74) is 6.43. The molecular formula is C18H30Cl2N4O2S. The third-order valence-electron chi connectivity index (χ3n) is 4.29. The zero-order valence-corrected chi connectivity index (χ0v) is 17.9. The minimum Gasteiger partial charge on any atom is -0.354 e. The third kappa shape index (κ3) is 9.65. The number of hydrogen-bond acceptors (Lipinski definition) is 5. The van der Waals surface area contributed by atoms with Crippen LogP contribution in [0.5, 0.6) is 0 Å². The molecule has 0 spiro atoms. The summed E-state index contributed by atoms with van der Waals surface area (Å²) in [4.78, 5) is 30.4.